The fourth-order valence-electron chi connectivity index (χ4n) is 6.24. The molecule has 0 saturated heterocycles. The summed E-state index contributed by atoms with van der Waals surface area (Å²) in [7, 11) is -1.72. The molecule has 0 heterocycles. The van der Waals surface area contributed by atoms with Crippen LogP contribution in [-0.4, -0.2) is 8.07 Å². The van der Waals surface area contributed by atoms with Gasteiger partial charge in [0.25, 0.3) is 0 Å². The summed E-state index contributed by atoms with van der Waals surface area (Å²) >= 11 is 0. The first kappa shape index (κ1) is 20.9. The average molecular weight is 405 g/mol. The van der Waals surface area contributed by atoms with Crippen LogP contribution in [0.3, 0.4) is 0 Å². The summed E-state index contributed by atoms with van der Waals surface area (Å²) in [6, 6.07) is 26.4. The second-order valence-electron chi connectivity index (χ2n) is 9.90. The van der Waals surface area contributed by atoms with E-state index < -0.39 is 8.07 Å². The fourth-order valence-corrected chi connectivity index (χ4v) is 11.4. The zero-order chi connectivity index (χ0) is 19.8. The summed E-state index contributed by atoms with van der Waals surface area (Å²) in [5.74, 6) is 1.97. The van der Waals surface area contributed by atoms with Crippen LogP contribution < -0.4 is 10.4 Å². The van der Waals surface area contributed by atoms with Gasteiger partial charge in [-0.1, -0.05) is 148 Å². The Morgan fingerprint density at radius 2 is 0.897 bits per heavy atom. The van der Waals surface area contributed by atoms with E-state index in [0.29, 0.717) is 0 Å². The van der Waals surface area contributed by atoms with Crippen molar-refractivity contribution in [2.24, 2.45) is 11.8 Å². The summed E-state index contributed by atoms with van der Waals surface area (Å²) in [6.07, 6.45) is 17.7. The van der Waals surface area contributed by atoms with Crippen molar-refractivity contribution in [2.45, 2.75) is 89.1 Å². The van der Waals surface area contributed by atoms with Gasteiger partial charge in [0.1, 0.15) is 8.07 Å². The van der Waals surface area contributed by atoms with E-state index in [1.54, 1.807) is 10.4 Å². The highest BCUT2D eigenvalue weighted by atomic mass is 28.3. The SMILES string of the molecule is c1ccc([Si](CCC2CCCCC2)(CCC2CCCCC2)c2ccccc2)cc1. The van der Waals surface area contributed by atoms with Gasteiger partial charge in [-0.25, -0.2) is 0 Å². The molecular formula is C28H40Si. The monoisotopic (exact) mass is 404 g/mol. The van der Waals surface area contributed by atoms with Crippen molar-refractivity contribution in [1.29, 1.82) is 0 Å². The molecule has 29 heavy (non-hydrogen) atoms. The van der Waals surface area contributed by atoms with Crippen LogP contribution >= 0.6 is 0 Å². The smallest absolute Gasteiger partial charge is 0.0626 e. The van der Waals surface area contributed by atoms with Crippen LogP contribution in [-0.2, 0) is 0 Å². The lowest BCUT2D eigenvalue weighted by Gasteiger charge is -2.37. The Bertz CT molecular complexity index is 632. The van der Waals surface area contributed by atoms with Crippen molar-refractivity contribution in [1.82, 2.24) is 0 Å². The first-order valence-corrected chi connectivity index (χ1v) is 14.9. The molecule has 2 fully saturated rings. The summed E-state index contributed by atoms with van der Waals surface area (Å²) in [5.41, 5.74) is 0. The van der Waals surface area contributed by atoms with Gasteiger partial charge < -0.3 is 0 Å². The number of rotatable bonds is 8. The first-order chi connectivity index (χ1) is 14.4. The van der Waals surface area contributed by atoms with Gasteiger partial charge in [0.05, 0.1) is 0 Å². The molecule has 0 nitrogen and oxygen atoms in total. The predicted molar refractivity (Wildman–Crippen MR) is 130 cm³/mol. The minimum absolute atomic E-state index is 0.984. The fraction of sp³-hybridized carbons (Fsp3) is 0.571. The number of benzene rings is 2. The highest BCUT2D eigenvalue weighted by molar-refractivity contribution is 7.02. The second kappa shape index (κ2) is 10.6. The van der Waals surface area contributed by atoms with Crippen LogP contribution in [0.4, 0.5) is 0 Å². The Balaban J connectivity index is 1.61. The third-order valence-electron chi connectivity index (χ3n) is 8.06. The minimum Gasteiger partial charge on any atom is -0.0626 e. The quantitative estimate of drug-likeness (QED) is 0.408. The Morgan fingerprint density at radius 3 is 1.28 bits per heavy atom. The predicted octanol–water partition coefficient (Wildman–Crippen LogP) is 7.19. The molecule has 0 aromatic heterocycles. The van der Waals surface area contributed by atoms with E-state index in [4.69, 9.17) is 0 Å². The molecule has 0 atom stereocenters. The molecule has 156 valence electrons. The highest BCUT2D eigenvalue weighted by Gasteiger charge is 2.37. The summed E-state index contributed by atoms with van der Waals surface area (Å²) in [4.78, 5) is 0. The Hall–Kier alpha value is -1.34. The number of hydrogen-bond donors (Lipinski definition) is 0. The van der Waals surface area contributed by atoms with Crippen LogP contribution in [0.2, 0.25) is 12.1 Å². The molecule has 0 spiro atoms. The van der Waals surface area contributed by atoms with Crippen molar-refractivity contribution in [3.8, 4) is 0 Å². The molecule has 0 unspecified atom stereocenters. The zero-order valence-corrected chi connectivity index (χ0v) is 19.3. The lowest BCUT2D eigenvalue weighted by molar-refractivity contribution is 0.344. The molecule has 0 N–H and O–H groups in total. The Kier molecular flexibility index (Phi) is 7.65. The van der Waals surface area contributed by atoms with Crippen LogP contribution in [0.25, 0.3) is 0 Å². The van der Waals surface area contributed by atoms with Crippen LogP contribution in [0.15, 0.2) is 60.7 Å². The molecule has 1 heteroatoms. The molecular weight excluding hydrogens is 364 g/mol. The minimum atomic E-state index is -1.72. The van der Waals surface area contributed by atoms with E-state index >= 15 is 0 Å². The molecule has 0 amide bonds. The van der Waals surface area contributed by atoms with Crippen LogP contribution in [0.5, 0.6) is 0 Å². The highest BCUT2D eigenvalue weighted by Crippen LogP contribution is 2.34. The molecule has 2 saturated carbocycles. The van der Waals surface area contributed by atoms with E-state index in [1.165, 1.54) is 89.1 Å². The van der Waals surface area contributed by atoms with E-state index in [-0.39, 0.29) is 0 Å². The third kappa shape index (κ3) is 5.42. The molecule has 2 aliphatic carbocycles. The van der Waals surface area contributed by atoms with Gasteiger partial charge in [0.15, 0.2) is 0 Å². The van der Waals surface area contributed by atoms with Gasteiger partial charge >= 0.3 is 0 Å². The van der Waals surface area contributed by atoms with E-state index in [0.717, 1.165) is 11.8 Å². The molecule has 4 rings (SSSR count). The first-order valence-electron chi connectivity index (χ1n) is 12.5. The standard InChI is InChI=1S/C28H40Si/c1-5-13-25(14-6-1)21-23-29(27-17-9-3-10-18-27,28-19-11-4-12-20-28)24-22-26-15-7-2-8-16-26/h3-4,9-12,17-20,25-26H,1-2,5-8,13-16,21-24H2. The largest absolute Gasteiger partial charge is 0.118 e. The van der Waals surface area contributed by atoms with E-state index in [1.807, 2.05) is 0 Å². The van der Waals surface area contributed by atoms with Crippen molar-refractivity contribution in [3.63, 3.8) is 0 Å². The molecule has 2 aromatic carbocycles. The maximum atomic E-state index is 2.47. The molecule has 2 aromatic rings. The van der Waals surface area contributed by atoms with E-state index in [9.17, 15) is 0 Å². The normalized spacial score (nSPS) is 19.3. The Morgan fingerprint density at radius 1 is 0.517 bits per heavy atom. The van der Waals surface area contributed by atoms with Gasteiger partial charge in [0, 0.05) is 0 Å². The third-order valence-corrected chi connectivity index (χ3v) is 13.2. The summed E-state index contributed by atoms with van der Waals surface area (Å²) in [6.45, 7) is 0. The van der Waals surface area contributed by atoms with Crippen molar-refractivity contribution in [2.75, 3.05) is 0 Å². The second-order valence-corrected chi connectivity index (χ2v) is 14.2. The van der Waals surface area contributed by atoms with Crippen molar-refractivity contribution >= 4 is 18.4 Å². The lowest BCUT2D eigenvalue weighted by Crippen LogP contribution is -2.58. The zero-order valence-electron chi connectivity index (χ0n) is 18.3. The van der Waals surface area contributed by atoms with Gasteiger partial charge in [-0.15, -0.1) is 0 Å². The number of hydrogen-bond acceptors (Lipinski definition) is 0. The lowest BCUT2D eigenvalue weighted by atomic mass is 9.87. The molecule has 0 aliphatic heterocycles. The molecule has 0 bridgehead atoms. The van der Waals surface area contributed by atoms with E-state index in [2.05, 4.69) is 60.7 Å². The topological polar surface area (TPSA) is 0 Å². The van der Waals surface area contributed by atoms with Gasteiger partial charge in [0.2, 0.25) is 0 Å². The van der Waals surface area contributed by atoms with Crippen molar-refractivity contribution in [3.05, 3.63) is 60.7 Å². The molecule has 2 aliphatic rings. The van der Waals surface area contributed by atoms with Crippen LogP contribution in [0.1, 0.15) is 77.0 Å². The average Bonchev–Trinajstić information content (AvgIpc) is 2.82. The van der Waals surface area contributed by atoms with Gasteiger partial charge in [-0.2, -0.15) is 0 Å². The van der Waals surface area contributed by atoms with Gasteiger partial charge in [-0.05, 0) is 23.9 Å². The Labute approximate surface area is 180 Å². The summed E-state index contributed by atoms with van der Waals surface area (Å²) < 4.78 is 0. The molecule has 0 radical (unpaired) electrons. The maximum Gasteiger partial charge on any atom is 0.118 e. The van der Waals surface area contributed by atoms with Crippen molar-refractivity contribution < 1.29 is 0 Å². The van der Waals surface area contributed by atoms with Gasteiger partial charge in [-0.3, -0.25) is 0 Å². The van der Waals surface area contributed by atoms with Crippen LogP contribution in [0, 0.1) is 11.8 Å². The summed E-state index contributed by atoms with van der Waals surface area (Å²) in [5, 5.41) is 3.38. The maximum absolute atomic E-state index is 2.47.